The number of benzene rings is 1. The number of hydrogen-bond donors (Lipinski definition) is 1. The van der Waals surface area contributed by atoms with Gasteiger partial charge in [0.2, 0.25) is 0 Å². The van der Waals surface area contributed by atoms with Crippen molar-refractivity contribution < 1.29 is 8.78 Å². The molecule has 0 unspecified atom stereocenters. The summed E-state index contributed by atoms with van der Waals surface area (Å²) in [5, 5.41) is 0. The second-order valence-corrected chi connectivity index (χ2v) is 6.12. The van der Waals surface area contributed by atoms with E-state index in [2.05, 4.69) is 15.0 Å². The van der Waals surface area contributed by atoms with E-state index in [0.717, 1.165) is 17.8 Å². The molecule has 1 saturated heterocycles. The van der Waals surface area contributed by atoms with Crippen LogP contribution in [0.2, 0.25) is 0 Å². The van der Waals surface area contributed by atoms with Crippen LogP contribution in [0.3, 0.4) is 0 Å². The highest BCUT2D eigenvalue weighted by molar-refractivity contribution is 5.75. The number of halogens is 2. The van der Waals surface area contributed by atoms with Gasteiger partial charge in [-0.15, -0.1) is 0 Å². The van der Waals surface area contributed by atoms with Crippen LogP contribution in [0.5, 0.6) is 0 Å². The maximum absolute atomic E-state index is 13.4. The van der Waals surface area contributed by atoms with Gasteiger partial charge in [0.05, 0.1) is 29.3 Å². The van der Waals surface area contributed by atoms with Crippen molar-refractivity contribution in [2.75, 3.05) is 18.0 Å². The minimum atomic E-state index is -0.932. The molecule has 0 bridgehead atoms. The zero-order valence-electron chi connectivity index (χ0n) is 13.0. The van der Waals surface area contributed by atoms with E-state index in [0.29, 0.717) is 29.9 Å². The third-order valence-electron chi connectivity index (χ3n) is 4.37. The number of nitrogens with two attached hydrogens (primary N) is 1. The lowest BCUT2D eigenvalue weighted by Gasteiger charge is -2.17. The van der Waals surface area contributed by atoms with Crippen LogP contribution in [0.25, 0.3) is 11.0 Å². The number of aryl methyl sites for hydroxylation is 1. The van der Waals surface area contributed by atoms with Gasteiger partial charge in [0.15, 0.2) is 11.6 Å². The molecule has 4 rings (SSSR count). The third kappa shape index (κ3) is 2.48. The van der Waals surface area contributed by atoms with E-state index >= 15 is 0 Å². The summed E-state index contributed by atoms with van der Waals surface area (Å²) in [7, 11) is 1.91. The van der Waals surface area contributed by atoms with Crippen LogP contribution in [0.15, 0.2) is 30.9 Å². The summed E-state index contributed by atoms with van der Waals surface area (Å²) in [6.45, 7) is 1.26. The van der Waals surface area contributed by atoms with Gasteiger partial charge in [0.1, 0.15) is 5.82 Å². The average Bonchev–Trinajstić information content (AvgIpc) is 3.14. The zero-order chi connectivity index (χ0) is 16.8. The smallest absolute Gasteiger partial charge is 0.161 e. The maximum atomic E-state index is 13.4. The van der Waals surface area contributed by atoms with Gasteiger partial charge >= 0.3 is 0 Å². The molecule has 1 fully saturated rings. The number of fused-ring (bicyclic) bond motifs is 1. The molecule has 0 saturated carbocycles. The van der Waals surface area contributed by atoms with Crippen LogP contribution in [0.1, 0.15) is 11.6 Å². The Bertz CT molecular complexity index is 909. The Labute approximate surface area is 136 Å². The average molecular weight is 330 g/mol. The summed E-state index contributed by atoms with van der Waals surface area (Å²) in [4.78, 5) is 15.0. The lowest BCUT2D eigenvalue weighted by Crippen LogP contribution is -2.29. The molecular formula is C16H16F2N6. The summed E-state index contributed by atoms with van der Waals surface area (Å²) in [5.41, 5.74) is 7.84. The van der Waals surface area contributed by atoms with Crippen molar-refractivity contribution in [3.05, 3.63) is 48.2 Å². The Kier molecular flexibility index (Phi) is 3.42. The minimum absolute atomic E-state index is 0.0812. The van der Waals surface area contributed by atoms with Crippen molar-refractivity contribution in [1.82, 2.24) is 19.5 Å². The first-order valence-electron chi connectivity index (χ1n) is 7.61. The predicted molar refractivity (Wildman–Crippen MR) is 85.6 cm³/mol. The van der Waals surface area contributed by atoms with Gasteiger partial charge in [-0.3, -0.25) is 4.98 Å². The van der Waals surface area contributed by atoms with Crippen LogP contribution in [-0.2, 0) is 7.05 Å². The van der Waals surface area contributed by atoms with Crippen molar-refractivity contribution in [3.8, 4) is 0 Å². The molecule has 2 N–H and O–H groups in total. The predicted octanol–water partition coefficient (Wildman–Crippen LogP) is 1.57. The first-order chi connectivity index (χ1) is 11.5. The first-order valence-corrected chi connectivity index (χ1v) is 7.61. The van der Waals surface area contributed by atoms with Crippen molar-refractivity contribution in [3.63, 3.8) is 0 Å². The second-order valence-electron chi connectivity index (χ2n) is 6.12. The van der Waals surface area contributed by atoms with Crippen LogP contribution in [0.4, 0.5) is 14.6 Å². The number of anilines is 1. The molecule has 0 aliphatic carbocycles. The SMILES string of the molecule is Cn1cnc([C@@H]2CN(c3cnc4cc(F)c(F)cc4n3)C[C@H]2N)c1. The summed E-state index contributed by atoms with van der Waals surface area (Å²) < 4.78 is 28.6. The molecule has 2 atom stereocenters. The molecule has 1 aliphatic heterocycles. The molecule has 24 heavy (non-hydrogen) atoms. The fraction of sp³-hybridized carbons (Fsp3) is 0.312. The molecule has 1 aliphatic rings. The van der Waals surface area contributed by atoms with Crippen molar-refractivity contribution in [1.29, 1.82) is 0 Å². The molecule has 124 valence electrons. The number of hydrogen-bond acceptors (Lipinski definition) is 5. The van der Waals surface area contributed by atoms with Gasteiger partial charge in [0.25, 0.3) is 0 Å². The van der Waals surface area contributed by atoms with E-state index in [-0.39, 0.29) is 12.0 Å². The number of rotatable bonds is 2. The number of nitrogens with zero attached hydrogens (tertiary/aromatic N) is 5. The van der Waals surface area contributed by atoms with Crippen LogP contribution < -0.4 is 10.6 Å². The van der Waals surface area contributed by atoms with Crippen molar-refractivity contribution in [2.24, 2.45) is 12.8 Å². The van der Waals surface area contributed by atoms with E-state index < -0.39 is 11.6 Å². The van der Waals surface area contributed by atoms with E-state index in [9.17, 15) is 8.78 Å². The summed E-state index contributed by atoms with van der Waals surface area (Å²) in [6.07, 6.45) is 5.27. The highest BCUT2D eigenvalue weighted by atomic mass is 19.2. The lowest BCUT2D eigenvalue weighted by atomic mass is 10.0. The largest absolute Gasteiger partial charge is 0.353 e. The Morgan fingerprint density at radius 1 is 1.12 bits per heavy atom. The quantitative estimate of drug-likeness (QED) is 0.772. The third-order valence-corrected chi connectivity index (χ3v) is 4.37. The molecule has 0 amide bonds. The van der Waals surface area contributed by atoms with Gasteiger partial charge < -0.3 is 15.2 Å². The molecule has 3 aromatic rings. The summed E-state index contributed by atoms with van der Waals surface area (Å²) >= 11 is 0. The normalized spacial score (nSPS) is 20.9. The molecular weight excluding hydrogens is 314 g/mol. The Balaban J connectivity index is 1.64. The fourth-order valence-electron chi connectivity index (χ4n) is 3.10. The van der Waals surface area contributed by atoms with E-state index in [1.165, 1.54) is 0 Å². The van der Waals surface area contributed by atoms with E-state index in [1.54, 1.807) is 12.5 Å². The highest BCUT2D eigenvalue weighted by Gasteiger charge is 2.33. The van der Waals surface area contributed by atoms with Crippen LogP contribution >= 0.6 is 0 Å². The van der Waals surface area contributed by atoms with Gasteiger partial charge in [-0.25, -0.2) is 18.7 Å². The molecule has 1 aromatic carbocycles. The molecule has 8 heteroatoms. The Morgan fingerprint density at radius 2 is 1.88 bits per heavy atom. The van der Waals surface area contributed by atoms with Gasteiger partial charge in [0, 0.05) is 50.4 Å². The number of imidazole rings is 1. The van der Waals surface area contributed by atoms with E-state index in [1.807, 2.05) is 22.7 Å². The molecule has 0 spiro atoms. The number of aromatic nitrogens is 4. The summed E-state index contributed by atoms with van der Waals surface area (Å²) in [5.74, 6) is -1.17. The second kappa shape index (κ2) is 5.48. The Morgan fingerprint density at radius 3 is 2.58 bits per heavy atom. The van der Waals surface area contributed by atoms with Crippen molar-refractivity contribution >= 4 is 16.9 Å². The summed E-state index contributed by atoms with van der Waals surface area (Å²) in [6, 6.07) is 2.03. The van der Waals surface area contributed by atoms with Gasteiger partial charge in [-0.2, -0.15) is 0 Å². The molecule has 2 aromatic heterocycles. The van der Waals surface area contributed by atoms with Crippen molar-refractivity contribution in [2.45, 2.75) is 12.0 Å². The van der Waals surface area contributed by atoms with Gasteiger partial charge in [-0.1, -0.05) is 0 Å². The molecule has 3 heterocycles. The monoisotopic (exact) mass is 330 g/mol. The first kappa shape index (κ1) is 14.9. The minimum Gasteiger partial charge on any atom is -0.353 e. The topological polar surface area (TPSA) is 72.9 Å². The maximum Gasteiger partial charge on any atom is 0.161 e. The van der Waals surface area contributed by atoms with Crippen LogP contribution in [-0.4, -0.2) is 38.7 Å². The standard InChI is InChI=1S/C16H16F2N6/c1-23-7-15(21-8-23)9-5-24(6-12(9)19)16-4-20-13-2-10(17)11(18)3-14(13)22-16/h2-4,7-9,12H,5-6,19H2,1H3/t9-,12-/m1/s1. The lowest BCUT2D eigenvalue weighted by molar-refractivity contribution is 0.510. The highest BCUT2D eigenvalue weighted by Crippen LogP contribution is 2.29. The zero-order valence-corrected chi connectivity index (χ0v) is 13.0. The molecule has 6 nitrogen and oxygen atoms in total. The Hall–Kier alpha value is -2.61. The van der Waals surface area contributed by atoms with Gasteiger partial charge in [-0.05, 0) is 0 Å². The van der Waals surface area contributed by atoms with Crippen LogP contribution in [0, 0.1) is 11.6 Å². The van der Waals surface area contributed by atoms with E-state index in [4.69, 9.17) is 5.73 Å². The fourth-order valence-corrected chi connectivity index (χ4v) is 3.10. The molecule has 0 radical (unpaired) electrons.